The van der Waals surface area contributed by atoms with Crippen LogP contribution in [0.1, 0.15) is 11.1 Å². The molecule has 0 atom stereocenters. The normalized spacial score (nSPS) is 15.6. The average molecular weight is 320 g/mol. The van der Waals surface area contributed by atoms with Crippen LogP contribution in [0.5, 0.6) is 0 Å². The highest BCUT2D eigenvalue weighted by atomic mass is 16.6. The number of ether oxygens (including phenoxy) is 1. The second-order valence-corrected chi connectivity index (χ2v) is 4.93. The third-order valence-corrected chi connectivity index (χ3v) is 3.29. The number of rotatable bonds is 4. The lowest BCUT2D eigenvalue weighted by Crippen LogP contribution is -2.05. The van der Waals surface area contributed by atoms with Gasteiger partial charge in [-0.05, 0) is 23.8 Å². The van der Waals surface area contributed by atoms with Gasteiger partial charge in [0, 0.05) is 17.7 Å². The molecule has 1 aliphatic heterocycles. The van der Waals surface area contributed by atoms with Gasteiger partial charge in [0.15, 0.2) is 5.70 Å². The third-order valence-electron chi connectivity index (χ3n) is 3.29. The summed E-state index contributed by atoms with van der Waals surface area (Å²) in [6.07, 6.45) is 5.13. The number of benzene rings is 2. The van der Waals surface area contributed by atoms with Crippen molar-refractivity contribution in [2.24, 2.45) is 4.99 Å². The van der Waals surface area contributed by atoms with E-state index in [2.05, 4.69) is 4.99 Å². The number of aliphatic imine (C=N–C) groups is 1. The predicted octanol–water partition coefficient (Wildman–Crippen LogP) is 3.50. The largest absolute Gasteiger partial charge is 0.402 e. The summed E-state index contributed by atoms with van der Waals surface area (Å²) in [5, 5.41) is 10.6. The molecule has 2 aromatic rings. The monoisotopic (exact) mass is 320 g/mol. The Bertz CT molecular complexity index is 866. The van der Waals surface area contributed by atoms with Crippen LogP contribution in [0.25, 0.3) is 6.08 Å². The van der Waals surface area contributed by atoms with Crippen LogP contribution in [0, 0.1) is 10.1 Å². The number of nitro benzene ring substituents is 1. The summed E-state index contributed by atoms with van der Waals surface area (Å²) >= 11 is 0. The van der Waals surface area contributed by atoms with Crippen molar-refractivity contribution in [1.29, 1.82) is 0 Å². The Balaban J connectivity index is 1.78. The van der Waals surface area contributed by atoms with E-state index in [9.17, 15) is 14.9 Å². The van der Waals surface area contributed by atoms with Gasteiger partial charge in [-0.25, -0.2) is 9.79 Å². The van der Waals surface area contributed by atoms with E-state index >= 15 is 0 Å². The first-order valence-corrected chi connectivity index (χ1v) is 7.12. The number of allylic oxidation sites excluding steroid dienone is 2. The average Bonchev–Trinajstić information content (AvgIpc) is 2.97. The molecule has 1 heterocycles. The smallest absolute Gasteiger partial charge is 0.363 e. The zero-order valence-corrected chi connectivity index (χ0v) is 12.5. The van der Waals surface area contributed by atoms with Crippen molar-refractivity contribution >= 4 is 23.6 Å². The molecule has 0 bridgehead atoms. The maximum absolute atomic E-state index is 11.8. The van der Waals surface area contributed by atoms with Gasteiger partial charge in [0.1, 0.15) is 0 Å². The van der Waals surface area contributed by atoms with Crippen LogP contribution < -0.4 is 0 Å². The number of nitro groups is 1. The molecule has 0 aromatic heterocycles. The van der Waals surface area contributed by atoms with E-state index in [4.69, 9.17) is 4.74 Å². The molecule has 6 nitrogen and oxygen atoms in total. The number of non-ortho nitro benzene ring substituents is 1. The summed E-state index contributed by atoms with van der Waals surface area (Å²) in [7, 11) is 0. The van der Waals surface area contributed by atoms with E-state index < -0.39 is 10.9 Å². The van der Waals surface area contributed by atoms with Crippen LogP contribution in [0.4, 0.5) is 5.69 Å². The molecule has 0 N–H and O–H groups in total. The van der Waals surface area contributed by atoms with E-state index in [-0.39, 0.29) is 17.3 Å². The lowest BCUT2D eigenvalue weighted by Gasteiger charge is -1.98. The van der Waals surface area contributed by atoms with E-state index in [1.54, 1.807) is 12.2 Å². The van der Waals surface area contributed by atoms with Gasteiger partial charge in [-0.1, -0.05) is 42.5 Å². The fourth-order valence-electron chi connectivity index (χ4n) is 2.09. The minimum atomic E-state index is -0.555. The molecule has 0 fully saturated rings. The first-order chi connectivity index (χ1) is 11.6. The summed E-state index contributed by atoms with van der Waals surface area (Å²) in [6, 6.07) is 15.3. The molecular formula is C18H12N2O4. The number of carbonyl (C=O) groups is 1. The Morgan fingerprint density at radius 1 is 1.04 bits per heavy atom. The molecule has 0 saturated carbocycles. The molecule has 2 aromatic carbocycles. The number of cyclic esters (lactones) is 1. The van der Waals surface area contributed by atoms with Crippen LogP contribution in [0.3, 0.4) is 0 Å². The van der Waals surface area contributed by atoms with Crippen molar-refractivity contribution in [2.75, 3.05) is 0 Å². The number of esters is 1. The molecule has 1 aliphatic rings. The maximum atomic E-state index is 11.8. The highest BCUT2D eigenvalue weighted by molar-refractivity contribution is 6.11. The second kappa shape index (κ2) is 6.70. The Kier molecular flexibility index (Phi) is 4.29. The summed E-state index contributed by atoms with van der Waals surface area (Å²) in [6.45, 7) is 0. The lowest BCUT2D eigenvalue weighted by molar-refractivity contribution is -0.384. The number of carbonyl (C=O) groups excluding carboxylic acids is 1. The molecular weight excluding hydrogens is 308 g/mol. The third kappa shape index (κ3) is 3.44. The lowest BCUT2D eigenvalue weighted by atomic mass is 10.2. The van der Waals surface area contributed by atoms with Gasteiger partial charge in [-0.3, -0.25) is 10.1 Å². The minimum absolute atomic E-state index is 0.0368. The number of nitrogens with zero attached hydrogens (tertiary/aromatic N) is 2. The Hall–Kier alpha value is -3.54. The zero-order chi connectivity index (χ0) is 16.9. The zero-order valence-electron chi connectivity index (χ0n) is 12.5. The van der Waals surface area contributed by atoms with E-state index in [1.807, 2.05) is 36.4 Å². The minimum Gasteiger partial charge on any atom is -0.402 e. The fourth-order valence-corrected chi connectivity index (χ4v) is 2.09. The first kappa shape index (κ1) is 15.4. The molecule has 118 valence electrons. The first-order valence-electron chi connectivity index (χ1n) is 7.12. The van der Waals surface area contributed by atoms with Gasteiger partial charge >= 0.3 is 5.97 Å². The van der Waals surface area contributed by atoms with Crippen molar-refractivity contribution in [3.05, 3.63) is 93.7 Å². The van der Waals surface area contributed by atoms with E-state index in [1.165, 1.54) is 24.3 Å². The van der Waals surface area contributed by atoms with Crippen molar-refractivity contribution in [3.63, 3.8) is 0 Å². The van der Waals surface area contributed by atoms with Gasteiger partial charge in [-0.2, -0.15) is 0 Å². The van der Waals surface area contributed by atoms with Gasteiger partial charge < -0.3 is 4.74 Å². The Labute approximate surface area is 137 Å². The van der Waals surface area contributed by atoms with E-state index in [0.29, 0.717) is 5.56 Å². The van der Waals surface area contributed by atoms with Crippen molar-refractivity contribution in [3.8, 4) is 0 Å². The Morgan fingerprint density at radius 3 is 2.42 bits per heavy atom. The second-order valence-electron chi connectivity index (χ2n) is 4.93. The Morgan fingerprint density at radius 2 is 1.75 bits per heavy atom. The highest BCUT2D eigenvalue weighted by Gasteiger charge is 2.23. The fraction of sp³-hybridized carbons (Fsp3) is 0. The quantitative estimate of drug-likeness (QED) is 0.374. The molecule has 0 aliphatic carbocycles. The van der Waals surface area contributed by atoms with Crippen molar-refractivity contribution in [1.82, 2.24) is 0 Å². The highest BCUT2D eigenvalue weighted by Crippen LogP contribution is 2.19. The molecule has 0 unspecified atom stereocenters. The maximum Gasteiger partial charge on any atom is 0.363 e. The summed E-state index contributed by atoms with van der Waals surface area (Å²) in [4.78, 5) is 26.1. The molecule has 3 rings (SSSR count). The standard InChI is InChI=1S/C18H12N2O4/c21-18-16(8-4-7-13-5-2-1-3-6-13)19-17(24-18)14-9-11-15(12-10-14)20(22)23/h1-12H. The van der Waals surface area contributed by atoms with Crippen LogP contribution in [0.15, 0.2) is 77.4 Å². The molecule has 6 heteroatoms. The van der Waals surface area contributed by atoms with Gasteiger partial charge in [0.05, 0.1) is 4.92 Å². The van der Waals surface area contributed by atoms with Crippen LogP contribution >= 0.6 is 0 Å². The van der Waals surface area contributed by atoms with Gasteiger partial charge in [-0.15, -0.1) is 0 Å². The topological polar surface area (TPSA) is 81.8 Å². The van der Waals surface area contributed by atoms with Crippen LogP contribution in [-0.4, -0.2) is 16.8 Å². The van der Waals surface area contributed by atoms with Crippen LogP contribution in [-0.2, 0) is 9.53 Å². The summed E-state index contributed by atoms with van der Waals surface area (Å²) in [5.41, 5.74) is 1.64. The molecule has 24 heavy (non-hydrogen) atoms. The summed E-state index contributed by atoms with van der Waals surface area (Å²) in [5.74, 6) is -0.421. The summed E-state index contributed by atoms with van der Waals surface area (Å²) < 4.78 is 5.10. The molecule has 0 radical (unpaired) electrons. The molecule has 0 amide bonds. The SMILES string of the molecule is O=C1OC(c2ccc([N+](=O)[O-])cc2)=NC1=CC=Cc1ccccc1. The van der Waals surface area contributed by atoms with E-state index in [0.717, 1.165) is 5.56 Å². The number of hydrogen-bond donors (Lipinski definition) is 0. The van der Waals surface area contributed by atoms with Gasteiger partial charge in [0.25, 0.3) is 5.69 Å². The van der Waals surface area contributed by atoms with Gasteiger partial charge in [0.2, 0.25) is 5.90 Å². The molecule has 0 saturated heterocycles. The number of hydrogen-bond acceptors (Lipinski definition) is 5. The predicted molar refractivity (Wildman–Crippen MR) is 89.3 cm³/mol. The van der Waals surface area contributed by atoms with Crippen LogP contribution in [0.2, 0.25) is 0 Å². The molecule has 0 spiro atoms. The van der Waals surface area contributed by atoms with Crippen molar-refractivity contribution in [2.45, 2.75) is 0 Å². The van der Waals surface area contributed by atoms with Crippen molar-refractivity contribution < 1.29 is 14.5 Å².